The lowest BCUT2D eigenvalue weighted by atomic mass is 10.1. The van der Waals surface area contributed by atoms with Crippen LogP contribution in [0.4, 0.5) is 5.69 Å². The first-order chi connectivity index (χ1) is 13.9. The number of benzene rings is 2. The largest absolute Gasteiger partial charge is 0.359 e. The van der Waals surface area contributed by atoms with Crippen LogP contribution in [0.1, 0.15) is 18.1 Å². The predicted octanol–water partition coefficient (Wildman–Crippen LogP) is 2.28. The topological polar surface area (TPSA) is 60.9 Å². The lowest BCUT2D eigenvalue weighted by Crippen LogP contribution is -2.53. The highest BCUT2D eigenvalue weighted by molar-refractivity contribution is 7.89. The monoisotopic (exact) mass is 413 g/mol. The van der Waals surface area contributed by atoms with Crippen molar-refractivity contribution in [2.24, 2.45) is 0 Å². The molecule has 0 aromatic heterocycles. The first-order valence-electron chi connectivity index (χ1n) is 10.1. The molecular weight excluding hydrogens is 386 g/mol. The van der Waals surface area contributed by atoms with E-state index < -0.39 is 10.0 Å². The molecule has 0 unspecified atom stereocenters. The quantitative estimate of drug-likeness (QED) is 0.772. The van der Waals surface area contributed by atoms with Crippen LogP contribution in [-0.4, -0.2) is 62.3 Å². The van der Waals surface area contributed by atoms with Gasteiger partial charge in [-0.1, -0.05) is 35.9 Å². The summed E-state index contributed by atoms with van der Waals surface area (Å²) in [6.07, 6.45) is 0.950. The molecule has 1 atom stereocenters. The maximum absolute atomic E-state index is 12.9. The van der Waals surface area contributed by atoms with E-state index in [1.165, 1.54) is 9.87 Å². The first kappa shape index (κ1) is 19.9. The third kappa shape index (κ3) is 3.89. The second-order valence-corrected chi connectivity index (χ2v) is 9.85. The molecule has 0 bridgehead atoms. The van der Waals surface area contributed by atoms with Crippen molar-refractivity contribution in [2.75, 3.05) is 37.6 Å². The fourth-order valence-corrected chi connectivity index (χ4v) is 5.58. The summed E-state index contributed by atoms with van der Waals surface area (Å²) in [6, 6.07) is 15.4. The van der Waals surface area contributed by atoms with E-state index in [1.54, 1.807) is 17.0 Å². The second kappa shape index (κ2) is 7.80. The van der Waals surface area contributed by atoms with Crippen LogP contribution in [0.15, 0.2) is 53.4 Å². The Balaban J connectivity index is 1.38. The van der Waals surface area contributed by atoms with Crippen LogP contribution in [0, 0.1) is 6.92 Å². The van der Waals surface area contributed by atoms with Crippen LogP contribution in [0.25, 0.3) is 0 Å². The number of carbonyl (C=O) groups is 1. The van der Waals surface area contributed by atoms with Crippen molar-refractivity contribution in [1.82, 2.24) is 9.21 Å². The molecule has 2 aromatic carbocycles. The average molecular weight is 414 g/mol. The molecule has 154 valence electrons. The van der Waals surface area contributed by atoms with Gasteiger partial charge in [-0.3, -0.25) is 4.79 Å². The summed E-state index contributed by atoms with van der Waals surface area (Å²) in [6.45, 7) is 5.91. The van der Waals surface area contributed by atoms with Crippen molar-refractivity contribution in [2.45, 2.75) is 31.2 Å². The molecule has 2 heterocycles. The van der Waals surface area contributed by atoms with Crippen molar-refractivity contribution < 1.29 is 13.2 Å². The Kier molecular flexibility index (Phi) is 5.36. The molecule has 2 aromatic rings. The molecule has 0 saturated carbocycles. The molecular formula is C22H27N3O3S. The van der Waals surface area contributed by atoms with Gasteiger partial charge in [0, 0.05) is 37.9 Å². The zero-order valence-corrected chi connectivity index (χ0v) is 17.7. The molecule has 7 heteroatoms. The normalized spacial score (nSPS) is 20.0. The number of para-hydroxylation sites is 1. The Morgan fingerprint density at radius 1 is 1.00 bits per heavy atom. The predicted molar refractivity (Wildman–Crippen MR) is 113 cm³/mol. The van der Waals surface area contributed by atoms with Crippen molar-refractivity contribution in [3.8, 4) is 0 Å². The minimum atomic E-state index is -3.51. The van der Waals surface area contributed by atoms with E-state index in [4.69, 9.17) is 0 Å². The van der Waals surface area contributed by atoms with Crippen LogP contribution >= 0.6 is 0 Å². The molecule has 0 N–H and O–H groups in total. The Labute approximate surface area is 172 Å². The highest BCUT2D eigenvalue weighted by atomic mass is 32.2. The number of hydrogen-bond acceptors (Lipinski definition) is 4. The van der Waals surface area contributed by atoms with Gasteiger partial charge in [0.05, 0.1) is 11.4 Å². The third-order valence-corrected chi connectivity index (χ3v) is 7.82. The summed E-state index contributed by atoms with van der Waals surface area (Å²) >= 11 is 0. The molecule has 1 saturated heterocycles. The SMILES string of the molecule is Cc1ccc(S(=O)(=O)N2CCN(C(=O)CN3c4ccccc4C[C@H]3C)CC2)cc1. The fraction of sp³-hybridized carbons (Fsp3) is 0.409. The maximum atomic E-state index is 12.9. The van der Waals surface area contributed by atoms with Crippen molar-refractivity contribution >= 4 is 21.6 Å². The van der Waals surface area contributed by atoms with E-state index in [0.717, 1.165) is 17.7 Å². The number of rotatable bonds is 4. The van der Waals surface area contributed by atoms with Gasteiger partial charge < -0.3 is 9.80 Å². The number of aryl methyl sites for hydroxylation is 1. The van der Waals surface area contributed by atoms with Gasteiger partial charge in [0.1, 0.15) is 0 Å². The van der Waals surface area contributed by atoms with E-state index in [1.807, 2.05) is 31.2 Å². The fourth-order valence-electron chi connectivity index (χ4n) is 4.15. The van der Waals surface area contributed by atoms with Gasteiger partial charge in [-0.2, -0.15) is 4.31 Å². The van der Waals surface area contributed by atoms with Gasteiger partial charge in [-0.05, 0) is 44.0 Å². The summed E-state index contributed by atoms with van der Waals surface area (Å²) in [5.41, 5.74) is 3.44. The molecule has 2 aliphatic rings. The summed E-state index contributed by atoms with van der Waals surface area (Å²) in [4.78, 5) is 17.1. The number of carbonyl (C=O) groups excluding carboxylic acids is 1. The van der Waals surface area contributed by atoms with E-state index in [0.29, 0.717) is 43.7 Å². The molecule has 6 nitrogen and oxygen atoms in total. The average Bonchev–Trinajstić information content (AvgIpc) is 3.03. The lowest BCUT2D eigenvalue weighted by molar-refractivity contribution is -0.130. The zero-order chi connectivity index (χ0) is 20.6. The van der Waals surface area contributed by atoms with E-state index >= 15 is 0 Å². The molecule has 4 rings (SSSR count). The van der Waals surface area contributed by atoms with Crippen LogP contribution in [-0.2, 0) is 21.2 Å². The van der Waals surface area contributed by atoms with Gasteiger partial charge in [0.2, 0.25) is 15.9 Å². The Morgan fingerprint density at radius 2 is 1.66 bits per heavy atom. The van der Waals surface area contributed by atoms with E-state index in [9.17, 15) is 13.2 Å². The Hall–Kier alpha value is -2.38. The Bertz CT molecular complexity index is 996. The van der Waals surface area contributed by atoms with E-state index in [-0.39, 0.29) is 5.91 Å². The van der Waals surface area contributed by atoms with Gasteiger partial charge in [-0.15, -0.1) is 0 Å². The number of nitrogens with zero attached hydrogens (tertiary/aromatic N) is 3. The number of anilines is 1. The van der Waals surface area contributed by atoms with Crippen LogP contribution in [0.5, 0.6) is 0 Å². The minimum absolute atomic E-state index is 0.0564. The van der Waals surface area contributed by atoms with Gasteiger partial charge in [-0.25, -0.2) is 8.42 Å². The van der Waals surface area contributed by atoms with Crippen molar-refractivity contribution in [3.05, 3.63) is 59.7 Å². The molecule has 29 heavy (non-hydrogen) atoms. The third-order valence-electron chi connectivity index (χ3n) is 5.90. The van der Waals surface area contributed by atoms with Crippen LogP contribution in [0.2, 0.25) is 0 Å². The summed E-state index contributed by atoms with van der Waals surface area (Å²) in [5.74, 6) is 0.0564. The highest BCUT2D eigenvalue weighted by Gasteiger charge is 2.32. The van der Waals surface area contributed by atoms with Crippen molar-refractivity contribution in [1.29, 1.82) is 0 Å². The number of amides is 1. The highest BCUT2D eigenvalue weighted by Crippen LogP contribution is 2.31. The number of sulfonamides is 1. The van der Waals surface area contributed by atoms with Crippen LogP contribution < -0.4 is 4.90 Å². The van der Waals surface area contributed by atoms with Gasteiger partial charge >= 0.3 is 0 Å². The molecule has 1 amide bonds. The summed E-state index contributed by atoms with van der Waals surface area (Å²) < 4.78 is 27.2. The maximum Gasteiger partial charge on any atom is 0.243 e. The van der Waals surface area contributed by atoms with Crippen LogP contribution in [0.3, 0.4) is 0 Å². The molecule has 2 aliphatic heterocycles. The molecule has 0 radical (unpaired) electrons. The van der Waals surface area contributed by atoms with Crippen molar-refractivity contribution in [3.63, 3.8) is 0 Å². The first-order valence-corrected chi connectivity index (χ1v) is 11.5. The number of fused-ring (bicyclic) bond motifs is 1. The molecule has 0 spiro atoms. The summed E-state index contributed by atoms with van der Waals surface area (Å²) in [7, 11) is -3.51. The smallest absolute Gasteiger partial charge is 0.243 e. The number of piperazine rings is 1. The van der Waals surface area contributed by atoms with Gasteiger partial charge in [0.25, 0.3) is 0 Å². The van der Waals surface area contributed by atoms with Gasteiger partial charge in [0.15, 0.2) is 0 Å². The summed E-state index contributed by atoms with van der Waals surface area (Å²) in [5, 5.41) is 0. The molecule has 0 aliphatic carbocycles. The van der Waals surface area contributed by atoms with E-state index in [2.05, 4.69) is 24.0 Å². The Morgan fingerprint density at radius 3 is 2.34 bits per heavy atom. The second-order valence-electron chi connectivity index (χ2n) is 7.91. The zero-order valence-electron chi connectivity index (χ0n) is 16.9. The standard InChI is InChI=1S/C22H27N3O3S/c1-17-7-9-20(10-8-17)29(27,28)24-13-11-23(12-14-24)22(26)16-25-18(2)15-19-5-3-4-6-21(19)25/h3-10,18H,11-16H2,1-2H3/t18-/m1/s1. The molecule has 1 fully saturated rings. The number of hydrogen-bond donors (Lipinski definition) is 0. The lowest BCUT2D eigenvalue weighted by Gasteiger charge is -2.35. The minimum Gasteiger partial charge on any atom is -0.359 e.